The zero-order chi connectivity index (χ0) is 15.3. The summed E-state index contributed by atoms with van der Waals surface area (Å²) in [4.78, 5) is 24.1. The first-order valence-corrected chi connectivity index (χ1v) is 7.36. The fourth-order valence-electron chi connectivity index (χ4n) is 2.95. The van der Waals surface area contributed by atoms with Crippen LogP contribution in [0.3, 0.4) is 0 Å². The van der Waals surface area contributed by atoms with E-state index in [-0.39, 0.29) is 11.9 Å². The Balaban J connectivity index is 1.93. The van der Waals surface area contributed by atoms with Crippen LogP contribution in [0, 0.1) is 0 Å². The SMILES string of the molecule is CC(C)(C)OC(=O)C1(c2ccc3c(c2)COC3=O)CCC1. The van der Waals surface area contributed by atoms with E-state index in [2.05, 4.69) is 0 Å². The molecule has 4 heteroatoms. The van der Waals surface area contributed by atoms with Crippen LogP contribution in [0.15, 0.2) is 18.2 Å². The summed E-state index contributed by atoms with van der Waals surface area (Å²) in [6.45, 7) is 5.94. The minimum Gasteiger partial charge on any atom is -0.459 e. The molecule has 0 amide bonds. The van der Waals surface area contributed by atoms with Gasteiger partial charge in [-0.05, 0) is 45.2 Å². The van der Waals surface area contributed by atoms with E-state index in [1.807, 2.05) is 32.9 Å². The first-order chi connectivity index (χ1) is 9.82. The van der Waals surface area contributed by atoms with Crippen molar-refractivity contribution in [2.75, 3.05) is 0 Å². The molecule has 112 valence electrons. The molecule has 1 aliphatic heterocycles. The molecule has 0 aromatic heterocycles. The molecular formula is C17H20O4. The van der Waals surface area contributed by atoms with Crippen molar-refractivity contribution in [1.82, 2.24) is 0 Å². The Morgan fingerprint density at radius 1 is 1.29 bits per heavy atom. The van der Waals surface area contributed by atoms with Gasteiger partial charge in [0.2, 0.25) is 0 Å². The van der Waals surface area contributed by atoms with E-state index in [9.17, 15) is 9.59 Å². The molecule has 3 rings (SSSR count). The Morgan fingerprint density at radius 3 is 2.57 bits per heavy atom. The van der Waals surface area contributed by atoms with Gasteiger partial charge in [0, 0.05) is 5.56 Å². The summed E-state index contributed by atoms with van der Waals surface area (Å²) in [7, 11) is 0. The quantitative estimate of drug-likeness (QED) is 0.785. The lowest BCUT2D eigenvalue weighted by atomic mass is 9.64. The van der Waals surface area contributed by atoms with E-state index < -0.39 is 11.0 Å². The number of benzene rings is 1. The highest BCUT2D eigenvalue weighted by Gasteiger charge is 2.48. The Morgan fingerprint density at radius 2 is 2.00 bits per heavy atom. The van der Waals surface area contributed by atoms with Gasteiger partial charge in [-0.2, -0.15) is 0 Å². The molecule has 1 aliphatic carbocycles. The van der Waals surface area contributed by atoms with Crippen LogP contribution >= 0.6 is 0 Å². The summed E-state index contributed by atoms with van der Waals surface area (Å²) in [6, 6.07) is 5.57. The average Bonchev–Trinajstić information content (AvgIpc) is 2.67. The second-order valence-corrected chi connectivity index (χ2v) is 6.89. The van der Waals surface area contributed by atoms with Crippen LogP contribution in [0.4, 0.5) is 0 Å². The van der Waals surface area contributed by atoms with E-state index in [1.54, 1.807) is 6.07 Å². The van der Waals surface area contributed by atoms with Gasteiger partial charge in [0.05, 0.1) is 11.0 Å². The first-order valence-electron chi connectivity index (χ1n) is 7.36. The molecule has 0 N–H and O–H groups in total. The Kier molecular flexibility index (Phi) is 3.08. The van der Waals surface area contributed by atoms with Crippen molar-refractivity contribution in [1.29, 1.82) is 0 Å². The number of hydrogen-bond acceptors (Lipinski definition) is 4. The minimum absolute atomic E-state index is 0.161. The van der Waals surface area contributed by atoms with Crippen molar-refractivity contribution in [2.24, 2.45) is 0 Å². The maximum atomic E-state index is 12.6. The van der Waals surface area contributed by atoms with Gasteiger partial charge in [-0.3, -0.25) is 4.79 Å². The second kappa shape index (κ2) is 4.58. The highest BCUT2D eigenvalue weighted by Crippen LogP contribution is 2.46. The summed E-state index contributed by atoms with van der Waals surface area (Å²) in [5, 5.41) is 0. The maximum absolute atomic E-state index is 12.6. The molecule has 0 bridgehead atoms. The monoisotopic (exact) mass is 288 g/mol. The van der Waals surface area contributed by atoms with Crippen LogP contribution in [-0.4, -0.2) is 17.5 Å². The minimum atomic E-state index is -0.548. The first kappa shape index (κ1) is 14.1. The second-order valence-electron chi connectivity index (χ2n) is 6.89. The Bertz CT molecular complexity index is 606. The number of esters is 2. The van der Waals surface area contributed by atoms with Gasteiger partial charge in [-0.1, -0.05) is 18.6 Å². The molecule has 0 spiro atoms. The van der Waals surface area contributed by atoms with Crippen molar-refractivity contribution in [3.05, 3.63) is 34.9 Å². The van der Waals surface area contributed by atoms with Crippen LogP contribution in [0.2, 0.25) is 0 Å². The van der Waals surface area contributed by atoms with E-state index in [0.29, 0.717) is 12.2 Å². The summed E-state index contributed by atoms with van der Waals surface area (Å²) < 4.78 is 10.6. The number of cyclic esters (lactones) is 1. The smallest absolute Gasteiger partial charge is 0.338 e. The molecule has 0 atom stereocenters. The lowest BCUT2D eigenvalue weighted by Crippen LogP contribution is -2.46. The molecule has 21 heavy (non-hydrogen) atoms. The topological polar surface area (TPSA) is 52.6 Å². The third-order valence-electron chi connectivity index (χ3n) is 4.23. The Labute approximate surface area is 124 Å². The lowest BCUT2D eigenvalue weighted by molar-refractivity contribution is -0.166. The van der Waals surface area contributed by atoms with Crippen molar-refractivity contribution >= 4 is 11.9 Å². The fraction of sp³-hybridized carbons (Fsp3) is 0.529. The number of hydrogen-bond donors (Lipinski definition) is 0. The van der Waals surface area contributed by atoms with Gasteiger partial charge in [0.25, 0.3) is 0 Å². The van der Waals surface area contributed by atoms with E-state index in [4.69, 9.17) is 9.47 Å². The lowest BCUT2D eigenvalue weighted by Gasteiger charge is -2.41. The molecule has 0 unspecified atom stereocenters. The van der Waals surface area contributed by atoms with E-state index in [1.165, 1.54) is 0 Å². The van der Waals surface area contributed by atoms with E-state index in [0.717, 1.165) is 30.4 Å². The van der Waals surface area contributed by atoms with Gasteiger partial charge < -0.3 is 9.47 Å². The average molecular weight is 288 g/mol. The van der Waals surface area contributed by atoms with Gasteiger partial charge in [0.15, 0.2) is 0 Å². The highest BCUT2D eigenvalue weighted by atomic mass is 16.6. The van der Waals surface area contributed by atoms with Crippen molar-refractivity contribution in [3.63, 3.8) is 0 Å². The molecule has 1 fully saturated rings. The summed E-state index contributed by atoms with van der Waals surface area (Å²) in [5.41, 5.74) is 1.38. The van der Waals surface area contributed by atoms with Crippen molar-refractivity contribution < 1.29 is 19.1 Å². The van der Waals surface area contributed by atoms with Gasteiger partial charge in [-0.15, -0.1) is 0 Å². The van der Waals surface area contributed by atoms with Gasteiger partial charge in [0.1, 0.15) is 12.2 Å². The maximum Gasteiger partial charge on any atom is 0.338 e. The number of rotatable bonds is 2. The largest absolute Gasteiger partial charge is 0.459 e. The number of carbonyl (C=O) groups excluding carboxylic acids is 2. The molecule has 2 aliphatic rings. The third-order valence-corrected chi connectivity index (χ3v) is 4.23. The molecule has 1 heterocycles. The van der Waals surface area contributed by atoms with Crippen LogP contribution in [0.25, 0.3) is 0 Å². The number of carbonyl (C=O) groups is 2. The van der Waals surface area contributed by atoms with Crippen molar-refractivity contribution in [3.8, 4) is 0 Å². The number of ether oxygens (including phenoxy) is 2. The predicted molar refractivity (Wildman–Crippen MR) is 76.9 cm³/mol. The van der Waals surface area contributed by atoms with Crippen molar-refractivity contribution in [2.45, 2.75) is 57.7 Å². The molecule has 4 nitrogen and oxygen atoms in total. The number of fused-ring (bicyclic) bond motifs is 1. The molecule has 1 saturated carbocycles. The van der Waals surface area contributed by atoms with Crippen LogP contribution in [0.1, 0.15) is 61.5 Å². The molecule has 1 aromatic carbocycles. The standard InChI is InChI=1S/C17H20O4/c1-16(2,3)21-15(19)17(7-4-8-17)12-5-6-13-11(9-12)10-20-14(13)18/h5-6,9H,4,7-8,10H2,1-3H3. The summed E-state index contributed by atoms with van der Waals surface area (Å²) >= 11 is 0. The molecule has 0 radical (unpaired) electrons. The third kappa shape index (κ3) is 2.33. The zero-order valence-corrected chi connectivity index (χ0v) is 12.7. The fourth-order valence-corrected chi connectivity index (χ4v) is 2.95. The zero-order valence-electron chi connectivity index (χ0n) is 12.7. The van der Waals surface area contributed by atoms with Crippen LogP contribution in [0.5, 0.6) is 0 Å². The molecular weight excluding hydrogens is 268 g/mol. The molecule has 0 saturated heterocycles. The Hall–Kier alpha value is -1.84. The summed E-state index contributed by atoms with van der Waals surface area (Å²) in [6.07, 6.45) is 2.62. The normalized spacial score (nSPS) is 19.5. The predicted octanol–water partition coefficient (Wildman–Crippen LogP) is 3.12. The van der Waals surface area contributed by atoms with E-state index >= 15 is 0 Å². The molecule has 1 aromatic rings. The van der Waals surface area contributed by atoms with Crippen LogP contribution in [-0.2, 0) is 26.3 Å². The van der Waals surface area contributed by atoms with Crippen LogP contribution < -0.4 is 0 Å². The summed E-state index contributed by atoms with van der Waals surface area (Å²) in [5.74, 6) is -0.442. The van der Waals surface area contributed by atoms with Gasteiger partial charge in [-0.25, -0.2) is 4.79 Å². The highest BCUT2D eigenvalue weighted by molar-refractivity contribution is 5.94. The van der Waals surface area contributed by atoms with Gasteiger partial charge >= 0.3 is 11.9 Å².